The monoisotopic (exact) mass is 414 g/mol. The van der Waals surface area contributed by atoms with Gasteiger partial charge in [0.1, 0.15) is 0 Å². The maximum atomic E-state index is 10.3. The van der Waals surface area contributed by atoms with Gasteiger partial charge in [0.15, 0.2) is 0 Å². The van der Waals surface area contributed by atoms with Crippen LogP contribution in [0, 0.1) is 52.3 Å². The van der Waals surface area contributed by atoms with Crippen molar-refractivity contribution in [2.75, 3.05) is 0 Å². The zero-order chi connectivity index (χ0) is 21.7. The molecule has 4 aliphatic rings. The summed E-state index contributed by atoms with van der Waals surface area (Å²) in [5.41, 5.74) is 2.88. The lowest BCUT2D eigenvalue weighted by atomic mass is 9.47. The molecule has 3 fully saturated rings. The van der Waals surface area contributed by atoms with E-state index in [0.717, 1.165) is 54.3 Å². The third-order valence-corrected chi connectivity index (χ3v) is 11.3. The smallest absolute Gasteiger partial charge is 0.0543 e. The molecule has 0 aromatic rings. The maximum absolute atomic E-state index is 10.3. The van der Waals surface area contributed by atoms with Crippen LogP contribution in [0.15, 0.2) is 11.6 Å². The maximum Gasteiger partial charge on any atom is 0.0543 e. The van der Waals surface area contributed by atoms with Crippen LogP contribution in [0.5, 0.6) is 0 Å². The van der Waals surface area contributed by atoms with Crippen LogP contribution in [0.25, 0.3) is 0 Å². The second-order valence-corrected chi connectivity index (χ2v) is 12.9. The third-order valence-electron chi connectivity index (χ3n) is 11.3. The van der Waals surface area contributed by atoms with Gasteiger partial charge in [-0.15, -0.1) is 0 Å². The summed E-state index contributed by atoms with van der Waals surface area (Å²) in [6.45, 7) is 15.1. The molecule has 1 nitrogen and oxygen atoms in total. The summed E-state index contributed by atoms with van der Waals surface area (Å²) in [7, 11) is 0. The third kappa shape index (κ3) is 3.74. The average Bonchev–Trinajstić information content (AvgIpc) is 3.06. The number of hydrogen-bond acceptors (Lipinski definition) is 1. The Morgan fingerprint density at radius 2 is 1.67 bits per heavy atom. The fourth-order valence-electron chi connectivity index (χ4n) is 9.15. The number of aliphatic hydroxyl groups is 1. The number of fused-ring (bicyclic) bond motifs is 5. The van der Waals surface area contributed by atoms with E-state index >= 15 is 0 Å². The lowest BCUT2D eigenvalue weighted by molar-refractivity contribution is -0.0428. The lowest BCUT2D eigenvalue weighted by Gasteiger charge is -2.57. The Morgan fingerprint density at radius 1 is 0.967 bits per heavy atom. The first-order valence-corrected chi connectivity index (χ1v) is 13.6. The van der Waals surface area contributed by atoms with Gasteiger partial charge in [0.2, 0.25) is 0 Å². The van der Waals surface area contributed by atoms with Crippen LogP contribution in [0.4, 0.5) is 0 Å². The van der Waals surface area contributed by atoms with Gasteiger partial charge in [-0.05, 0) is 110 Å². The molecule has 0 amide bonds. The summed E-state index contributed by atoms with van der Waals surface area (Å²) in [6, 6.07) is 0. The number of aliphatic hydroxyl groups excluding tert-OH is 1. The van der Waals surface area contributed by atoms with Crippen molar-refractivity contribution < 1.29 is 5.11 Å². The normalized spacial score (nSPS) is 45.3. The van der Waals surface area contributed by atoms with Crippen molar-refractivity contribution in [3.63, 3.8) is 0 Å². The quantitative estimate of drug-likeness (QED) is 0.436. The molecule has 0 saturated heterocycles. The van der Waals surface area contributed by atoms with E-state index in [2.05, 4.69) is 47.6 Å². The van der Waals surface area contributed by atoms with Crippen molar-refractivity contribution in [1.29, 1.82) is 0 Å². The summed E-state index contributed by atoms with van der Waals surface area (Å²) < 4.78 is 0. The SMILES string of the molecule is CC[C@H](CC[C@@H](C)[C@H]1CC[C@H]2C3=CCC4CC(O)CC[C@]4(C)[C@H]3CC[C@]12C)C(C)C. The Morgan fingerprint density at radius 3 is 2.37 bits per heavy atom. The van der Waals surface area contributed by atoms with Crippen molar-refractivity contribution in [2.45, 2.75) is 118 Å². The highest BCUT2D eigenvalue weighted by Gasteiger charge is 2.58. The number of hydrogen-bond donors (Lipinski definition) is 1. The Kier molecular flexibility index (Phi) is 6.53. The molecule has 3 saturated carbocycles. The van der Waals surface area contributed by atoms with E-state index in [4.69, 9.17) is 0 Å². The number of rotatable bonds is 6. The predicted octanol–water partition coefficient (Wildman–Crippen LogP) is 8.02. The lowest BCUT2D eigenvalue weighted by Crippen LogP contribution is -2.49. The Labute approximate surface area is 187 Å². The minimum atomic E-state index is -0.0404. The van der Waals surface area contributed by atoms with Crippen LogP contribution in [-0.4, -0.2) is 11.2 Å². The van der Waals surface area contributed by atoms with Crippen molar-refractivity contribution in [3.8, 4) is 0 Å². The van der Waals surface area contributed by atoms with Gasteiger partial charge in [-0.2, -0.15) is 0 Å². The van der Waals surface area contributed by atoms with Crippen molar-refractivity contribution in [1.82, 2.24) is 0 Å². The van der Waals surface area contributed by atoms with Gasteiger partial charge in [0.25, 0.3) is 0 Å². The van der Waals surface area contributed by atoms with E-state index in [9.17, 15) is 5.11 Å². The van der Waals surface area contributed by atoms with Crippen LogP contribution >= 0.6 is 0 Å². The molecule has 1 heteroatoms. The van der Waals surface area contributed by atoms with Gasteiger partial charge in [-0.1, -0.05) is 66.0 Å². The fraction of sp³-hybridized carbons (Fsp3) is 0.931. The summed E-state index contributed by atoms with van der Waals surface area (Å²) in [5.74, 6) is 5.92. The van der Waals surface area contributed by atoms with Crippen LogP contribution in [0.1, 0.15) is 112 Å². The number of allylic oxidation sites excluding steroid dienone is 2. The molecule has 4 aliphatic carbocycles. The summed E-state index contributed by atoms with van der Waals surface area (Å²) in [6.07, 6.45) is 17.2. The average molecular weight is 415 g/mol. The molecule has 0 aromatic heterocycles. The highest BCUT2D eigenvalue weighted by molar-refractivity contribution is 5.27. The van der Waals surface area contributed by atoms with Crippen LogP contribution in [0.2, 0.25) is 0 Å². The summed E-state index contributed by atoms with van der Waals surface area (Å²) in [4.78, 5) is 0. The van der Waals surface area contributed by atoms with Gasteiger partial charge in [0, 0.05) is 0 Å². The largest absolute Gasteiger partial charge is 0.393 e. The van der Waals surface area contributed by atoms with Gasteiger partial charge >= 0.3 is 0 Å². The highest BCUT2D eigenvalue weighted by atomic mass is 16.3. The Bertz CT molecular complexity index is 634. The van der Waals surface area contributed by atoms with Crippen molar-refractivity contribution in [2.24, 2.45) is 52.3 Å². The van der Waals surface area contributed by atoms with Gasteiger partial charge in [0.05, 0.1) is 6.10 Å². The van der Waals surface area contributed by atoms with Gasteiger partial charge in [-0.3, -0.25) is 0 Å². The molecule has 0 aromatic carbocycles. The zero-order valence-electron chi connectivity index (χ0n) is 20.9. The molecule has 0 bridgehead atoms. The molecule has 2 unspecified atom stereocenters. The topological polar surface area (TPSA) is 20.2 Å². The Hall–Kier alpha value is -0.300. The molecule has 4 rings (SSSR count). The standard InChI is InChI=1S/C29H50O/c1-7-21(19(2)3)9-8-20(4)25-12-13-26-24-11-10-22-18-23(30)14-16-28(22,5)27(24)15-17-29(25,26)6/h11,19-23,25-27,30H,7-10,12-18H2,1-6H3/t20-,21-,22?,23?,25-,26+,27+,28+,29-/m1/s1. The minimum Gasteiger partial charge on any atom is -0.393 e. The molecule has 172 valence electrons. The molecule has 30 heavy (non-hydrogen) atoms. The predicted molar refractivity (Wildman–Crippen MR) is 128 cm³/mol. The van der Waals surface area contributed by atoms with E-state index in [1.807, 2.05) is 5.57 Å². The molecule has 0 spiro atoms. The first-order valence-electron chi connectivity index (χ1n) is 13.6. The van der Waals surface area contributed by atoms with Crippen LogP contribution < -0.4 is 0 Å². The molecule has 0 heterocycles. The van der Waals surface area contributed by atoms with E-state index in [1.54, 1.807) is 0 Å². The van der Waals surface area contributed by atoms with Crippen molar-refractivity contribution >= 4 is 0 Å². The molecule has 1 N–H and O–H groups in total. The van der Waals surface area contributed by atoms with E-state index < -0.39 is 0 Å². The van der Waals surface area contributed by atoms with Gasteiger partial charge < -0.3 is 5.11 Å². The Balaban J connectivity index is 1.48. The summed E-state index contributed by atoms with van der Waals surface area (Å²) in [5, 5.41) is 10.3. The molecule has 9 atom stereocenters. The van der Waals surface area contributed by atoms with Gasteiger partial charge in [-0.25, -0.2) is 0 Å². The minimum absolute atomic E-state index is 0.0404. The first-order chi connectivity index (χ1) is 14.2. The van der Waals surface area contributed by atoms with E-state index in [1.165, 1.54) is 57.8 Å². The van der Waals surface area contributed by atoms with E-state index in [0.29, 0.717) is 10.8 Å². The molecule has 0 radical (unpaired) electrons. The fourth-order valence-corrected chi connectivity index (χ4v) is 9.15. The van der Waals surface area contributed by atoms with Crippen LogP contribution in [-0.2, 0) is 0 Å². The molecule has 0 aliphatic heterocycles. The second kappa shape index (κ2) is 8.57. The molecular formula is C29H50O. The molecular weight excluding hydrogens is 364 g/mol. The summed E-state index contributed by atoms with van der Waals surface area (Å²) >= 11 is 0. The zero-order valence-corrected chi connectivity index (χ0v) is 20.9. The second-order valence-electron chi connectivity index (χ2n) is 12.9. The highest BCUT2D eigenvalue weighted by Crippen LogP contribution is 2.67. The van der Waals surface area contributed by atoms with Crippen LogP contribution in [0.3, 0.4) is 0 Å². The van der Waals surface area contributed by atoms with Crippen molar-refractivity contribution in [3.05, 3.63) is 11.6 Å². The van der Waals surface area contributed by atoms with E-state index in [-0.39, 0.29) is 6.10 Å². The first kappa shape index (κ1) is 22.9.